The Hall–Kier alpha value is -2.50. The van der Waals surface area contributed by atoms with Crippen molar-refractivity contribution in [2.45, 2.75) is 32.8 Å². The van der Waals surface area contributed by atoms with E-state index in [1.165, 1.54) is 0 Å². The lowest BCUT2D eigenvalue weighted by atomic mass is 10.1. The molecule has 1 aliphatic heterocycles. The first-order valence-electron chi connectivity index (χ1n) is 8.76. The van der Waals surface area contributed by atoms with Crippen LogP contribution in [0.2, 0.25) is 0 Å². The Morgan fingerprint density at radius 3 is 2.60 bits per heavy atom. The molecule has 6 heteroatoms. The van der Waals surface area contributed by atoms with E-state index in [1.807, 2.05) is 45.2 Å². The second-order valence-corrected chi connectivity index (χ2v) is 7.30. The largest absolute Gasteiger partial charge is 0.444 e. The van der Waals surface area contributed by atoms with Crippen LogP contribution in [0, 0.1) is 0 Å². The fourth-order valence-corrected chi connectivity index (χ4v) is 3.00. The minimum Gasteiger partial charge on any atom is -0.444 e. The number of anilines is 1. The lowest BCUT2D eigenvalue weighted by Crippen LogP contribution is -2.39. The lowest BCUT2D eigenvalue weighted by Gasteiger charge is -2.26. The van der Waals surface area contributed by atoms with E-state index in [1.54, 1.807) is 4.90 Å². The van der Waals surface area contributed by atoms with Crippen LogP contribution in [0.5, 0.6) is 0 Å². The minimum absolute atomic E-state index is 0.232. The number of aromatic amines is 1. The van der Waals surface area contributed by atoms with Gasteiger partial charge in [-0.3, -0.25) is 5.10 Å². The number of aromatic nitrogens is 2. The van der Waals surface area contributed by atoms with Gasteiger partial charge in [0, 0.05) is 31.7 Å². The molecule has 0 unspecified atom stereocenters. The molecular weight excluding hydrogens is 316 g/mol. The lowest BCUT2D eigenvalue weighted by molar-refractivity contribution is 0.0263. The Morgan fingerprint density at radius 1 is 1.12 bits per heavy atom. The van der Waals surface area contributed by atoms with Crippen molar-refractivity contribution in [3.63, 3.8) is 0 Å². The maximum Gasteiger partial charge on any atom is 0.410 e. The van der Waals surface area contributed by atoms with Gasteiger partial charge in [-0.25, -0.2) is 4.79 Å². The normalized spacial score (nSPS) is 15.8. The molecule has 6 nitrogen and oxygen atoms in total. The summed E-state index contributed by atoms with van der Waals surface area (Å²) in [6, 6.07) is 10.2. The highest BCUT2D eigenvalue weighted by Gasteiger charge is 2.25. The second-order valence-electron chi connectivity index (χ2n) is 7.30. The van der Waals surface area contributed by atoms with Crippen molar-refractivity contribution in [1.29, 1.82) is 0 Å². The van der Waals surface area contributed by atoms with E-state index >= 15 is 0 Å². The van der Waals surface area contributed by atoms with Gasteiger partial charge in [0.05, 0.1) is 17.6 Å². The summed E-state index contributed by atoms with van der Waals surface area (Å²) in [5.74, 6) is 0. The zero-order valence-electron chi connectivity index (χ0n) is 15.2. The fourth-order valence-electron chi connectivity index (χ4n) is 3.00. The highest BCUT2D eigenvalue weighted by atomic mass is 16.6. The number of hydrogen-bond acceptors (Lipinski definition) is 4. The van der Waals surface area contributed by atoms with E-state index in [0.29, 0.717) is 13.1 Å². The topological polar surface area (TPSA) is 61.5 Å². The van der Waals surface area contributed by atoms with Gasteiger partial charge in [-0.15, -0.1) is 0 Å². The predicted molar refractivity (Wildman–Crippen MR) is 98.7 cm³/mol. The van der Waals surface area contributed by atoms with Crippen LogP contribution in [0.1, 0.15) is 27.2 Å². The van der Waals surface area contributed by atoms with E-state index in [4.69, 9.17) is 4.74 Å². The standard InChI is InChI=1S/C19H26N4O2/c1-19(2,3)25-18(24)23-11-7-10-22(12-13-23)16-14-20-21-17(16)15-8-5-4-6-9-15/h4-6,8-9,14H,7,10-13H2,1-3H3,(H,20,21). The SMILES string of the molecule is CC(C)(C)OC(=O)N1CCCN(c2cn[nH]c2-c2ccccc2)CC1. The molecule has 3 rings (SSSR count). The molecule has 1 fully saturated rings. The number of carbonyl (C=O) groups is 1. The first kappa shape index (κ1) is 17.3. The summed E-state index contributed by atoms with van der Waals surface area (Å²) in [6.07, 6.45) is 2.54. The molecule has 25 heavy (non-hydrogen) atoms. The van der Waals surface area contributed by atoms with Crippen LogP contribution in [0.3, 0.4) is 0 Å². The number of nitrogens with zero attached hydrogens (tertiary/aromatic N) is 3. The number of amides is 1. The molecule has 0 saturated carbocycles. The predicted octanol–water partition coefficient (Wildman–Crippen LogP) is 3.52. The zero-order chi connectivity index (χ0) is 17.9. The maximum absolute atomic E-state index is 12.3. The minimum atomic E-state index is -0.464. The number of carbonyl (C=O) groups excluding carboxylic acids is 1. The van der Waals surface area contributed by atoms with Gasteiger partial charge in [-0.2, -0.15) is 5.10 Å². The number of hydrogen-bond donors (Lipinski definition) is 1. The number of benzene rings is 1. The van der Waals surface area contributed by atoms with Gasteiger partial charge in [-0.1, -0.05) is 30.3 Å². The van der Waals surface area contributed by atoms with Crippen molar-refractivity contribution in [2.75, 3.05) is 31.1 Å². The molecule has 1 N–H and O–H groups in total. The van der Waals surface area contributed by atoms with E-state index in [0.717, 1.165) is 36.5 Å². The molecule has 2 aromatic rings. The molecule has 1 saturated heterocycles. The maximum atomic E-state index is 12.3. The molecule has 1 aromatic heterocycles. The molecule has 1 aliphatic rings. The number of rotatable bonds is 2. The molecule has 0 radical (unpaired) electrons. The molecular formula is C19H26N4O2. The van der Waals surface area contributed by atoms with Crippen molar-refractivity contribution in [2.24, 2.45) is 0 Å². The summed E-state index contributed by atoms with van der Waals surface area (Å²) >= 11 is 0. The highest BCUT2D eigenvalue weighted by Crippen LogP contribution is 2.29. The average molecular weight is 342 g/mol. The molecule has 1 amide bonds. The van der Waals surface area contributed by atoms with Crippen molar-refractivity contribution in [1.82, 2.24) is 15.1 Å². The van der Waals surface area contributed by atoms with Gasteiger partial charge < -0.3 is 14.5 Å². The number of nitrogens with one attached hydrogen (secondary N) is 1. The van der Waals surface area contributed by atoms with Crippen LogP contribution >= 0.6 is 0 Å². The Morgan fingerprint density at radius 2 is 1.88 bits per heavy atom. The summed E-state index contributed by atoms with van der Waals surface area (Å²) in [5.41, 5.74) is 2.75. The second kappa shape index (κ2) is 7.17. The van der Waals surface area contributed by atoms with E-state index in [9.17, 15) is 4.79 Å². The first-order chi connectivity index (χ1) is 11.9. The third kappa shape index (κ3) is 4.32. The summed E-state index contributed by atoms with van der Waals surface area (Å²) in [5, 5.41) is 7.34. The van der Waals surface area contributed by atoms with Crippen LogP contribution in [0.15, 0.2) is 36.5 Å². The Bertz CT molecular complexity index is 706. The summed E-state index contributed by atoms with van der Waals surface area (Å²) in [6.45, 7) is 8.70. The molecule has 2 heterocycles. The van der Waals surface area contributed by atoms with Gasteiger partial charge in [0.25, 0.3) is 0 Å². The number of H-pyrrole nitrogens is 1. The highest BCUT2D eigenvalue weighted by molar-refractivity contribution is 5.74. The van der Waals surface area contributed by atoms with Crippen molar-refractivity contribution >= 4 is 11.8 Å². The molecule has 0 spiro atoms. The third-order valence-electron chi connectivity index (χ3n) is 4.17. The van der Waals surface area contributed by atoms with Crippen LogP contribution in [-0.4, -0.2) is 53.0 Å². The fraction of sp³-hybridized carbons (Fsp3) is 0.474. The first-order valence-corrected chi connectivity index (χ1v) is 8.76. The Labute approximate surface area is 148 Å². The van der Waals surface area contributed by atoms with Crippen molar-refractivity contribution < 1.29 is 9.53 Å². The van der Waals surface area contributed by atoms with Gasteiger partial charge in [0.15, 0.2) is 0 Å². The van der Waals surface area contributed by atoms with Crippen LogP contribution in [0.25, 0.3) is 11.3 Å². The Balaban J connectivity index is 1.70. The van der Waals surface area contributed by atoms with Gasteiger partial charge >= 0.3 is 6.09 Å². The Kier molecular flexibility index (Phi) is 4.97. The van der Waals surface area contributed by atoms with Gasteiger partial charge in [0.2, 0.25) is 0 Å². The zero-order valence-corrected chi connectivity index (χ0v) is 15.2. The molecule has 0 aliphatic carbocycles. The summed E-state index contributed by atoms with van der Waals surface area (Å²) in [4.78, 5) is 16.4. The average Bonchev–Trinajstić information content (AvgIpc) is 2.91. The molecule has 0 bridgehead atoms. The third-order valence-corrected chi connectivity index (χ3v) is 4.17. The van der Waals surface area contributed by atoms with Gasteiger partial charge in [-0.05, 0) is 27.2 Å². The van der Waals surface area contributed by atoms with E-state index in [-0.39, 0.29) is 6.09 Å². The quantitative estimate of drug-likeness (QED) is 0.907. The molecule has 0 atom stereocenters. The van der Waals surface area contributed by atoms with Gasteiger partial charge in [0.1, 0.15) is 5.60 Å². The van der Waals surface area contributed by atoms with Crippen molar-refractivity contribution in [3.8, 4) is 11.3 Å². The van der Waals surface area contributed by atoms with Crippen molar-refractivity contribution in [3.05, 3.63) is 36.5 Å². The summed E-state index contributed by atoms with van der Waals surface area (Å²) < 4.78 is 5.50. The van der Waals surface area contributed by atoms with Crippen LogP contribution in [-0.2, 0) is 4.74 Å². The molecule has 1 aromatic carbocycles. The number of ether oxygens (including phenoxy) is 1. The van der Waals surface area contributed by atoms with Crippen LogP contribution < -0.4 is 4.90 Å². The smallest absolute Gasteiger partial charge is 0.410 e. The summed E-state index contributed by atoms with van der Waals surface area (Å²) in [7, 11) is 0. The van der Waals surface area contributed by atoms with E-state index < -0.39 is 5.60 Å². The monoisotopic (exact) mass is 342 g/mol. The van der Waals surface area contributed by atoms with Crippen LogP contribution in [0.4, 0.5) is 10.5 Å². The molecule has 134 valence electrons. The van der Waals surface area contributed by atoms with E-state index in [2.05, 4.69) is 27.2 Å².